The molecule has 150 valence electrons. The average molecular weight is 380 g/mol. The van der Waals surface area contributed by atoms with Crippen LogP contribution in [0.3, 0.4) is 0 Å². The summed E-state index contributed by atoms with van der Waals surface area (Å²) in [6, 6.07) is 15.0. The molecule has 3 rings (SSSR count). The number of likely N-dealkylation sites (N-methyl/N-ethyl adjacent to an activating group) is 1. The number of amides is 1. The number of hydrogen-bond donors (Lipinski definition) is 0. The number of hydrogen-bond acceptors (Lipinski definition) is 3. The number of benzene rings is 2. The molecule has 0 bridgehead atoms. The lowest BCUT2D eigenvalue weighted by molar-refractivity contribution is -0.127. The zero-order valence-electron chi connectivity index (χ0n) is 17.5. The Balaban J connectivity index is 1.75. The number of carbonyl (C=O) groups excluding carboxylic acids is 1. The highest BCUT2D eigenvalue weighted by molar-refractivity contribution is 5.85. The number of unbranched alkanes of at least 4 members (excludes halogenated alkanes) is 1. The van der Waals surface area contributed by atoms with E-state index in [-0.39, 0.29) is 12.1 Å². The molecule has 0 saturated carbocycles. The lowest BCUT2D eigenvalue weighted by Gasteiger charge is -2.33. The van der Waals surface area contributed by atoms with Crippen LogP contribution in [0.25, 0.3) is 10.8 Å². The summed E-state index contributed by atoms with van der Waals surface area (Å²) in [5.74, 6) is 0.225. The Bertz CT molecular complexity index is 826. The number of carbonyl (C=O) groups is 1. The van der Waals surface area contributed by atoms with E-state index in [0.29, 0.717) is 13.1 Å². The van der Waals surface area contributed by atoms with Crippen molar-refractivity contribution in [2.24, 2.45) is 0 Å². The number of nitrogens with zero attached hydrogens (tertiary/aromatic N) is 3. The van der Waals surface area contributed by atoms with Gasteiger partial charge in [0.15, 0.2) is 0 Å². The van der Waals surface area contributed by atoms with Crippen LogP contribution in [0.15, 0.2) is 54.6 Å². The molecule has 4 nitrogen and oxygen atoms in total. The Morgan fingerprint density at radius 3 is 2.71 bits per heavy atom. The van der Waals surface area contributed by atoms with E-state index in [1.807, 2.05) is 11.8 Å². The normalized spacial score (nSPS) is 17.8. The largest absolute Gasteiger partial charge is 0.321 e. The smallest absolute Gasteiger partial charge is 0.238 e. The van der Waals surface area contributed by atoms with E-state index in [9.17, 15) is 4.79 Å². The van der Waals surface area contributed by atoms with Crippen molar-refractivity contribution >= 4 is 16.7 Å². The highest BCUT2D eigenvalue weighted by Crippen LogP contribution is 2.22. The van der Waals surface area contributed by atoms with Crippen molar-refractivity contribution in [2.45, 2.75) is 39.4 Å². The van der Waals surface area contributed by atoms with Crippen molar-refractivity contribution < 1.29 is 4.79 Å². The molecule has 1 atom stereocenters. The summed E-state index contributed by atoms with van der Waals surface area (Å²) in [6.45, 7) is 12.1. The first kappa shape index (κ1) is 20.6. The lowest BCUT2D eigenvalue weighted by Crippen LogP contribution is -2.47. The summed E-state index contributed by atoms with van der Waals surface area (Å²) in [6.07, 6.45) is 2.39. The molecule has 1 saturated heterocycles. The van der Waals surface area contributed by atoms with E-state index < -0.39 is 0 Å². The predicted octanol–water partition coefficient (Wildman–Crippen LogP) is 4.12. The van der Waals surface area contributed by atoms with Gasteiger partial charge < -0.3 is 4.90 Å². The van der Waals surface area contributed by atoms with Gasteiger partial charge in [0, 0.05) is 26.2 Å². The SMILES string of the molecule is C=C(C)CN1C(=O)CN(CCCC)C1CN(C)Cc1cccc2ccccc12. The Labute approximate surface area is 169 Å². The molecule has 1 unspecified atom stereocenters. The van der Waals surface area contributed by atoms with Gasteiger partial charge in [-0.15, -0.1) is 0 Å². The minimum absolute atomic E-state index is 0.121. The van der Waals surface area contributed by atoms with Crippen LogP contribution in [-0.2, 0) is 11.3 Å². The Hall–Kier alpha value is -2.17. The van der Waals surface area contributed by atoms with Crippen LogP contribution >= 0.6 is 0 Å². The molecule has 1 aliphatic heterocycles. The van der Waals surface area contributed by atoms with Gasteiger partial charge in [0.1, 0.15) is 0 Å². The topological polar surface area (TPSA) is 26.8 Å². The summed E-state index contributed by atoms with van der Waals surface area (Å²) in [5, 5.41) is 2.58. The van der Waals surface area contributed by atoms with Crippen molar-refractivity contribution in [3.8, 4) is 0 Å². The van der Waals surface area contributed by atoms with Gasteiger partial charge in [-0.2, -0.15) is 0 Å². The van der Waals surface area contributed by atoms with Gasteiger partial charge in [0.05, 0.1) is 12.7 Å². The van der Waals surface area contributed by atoms with Gasteiger partial charge >= 0.3 is 0 Å². The van der Waals surface area contributed by atoms with Gasteiger partial charge in [0.25, 0.3) is 0 Å². The summed E-state index contributed by atoms with van der Waals surface area (Å²) >= 11 is 0. The molecule has 4 heteroatoms. The van der Waals surface area contributed by atoms with Gasteiger partial charge in [0.2, 0.25) is 5.91 Å². The first-order valence-electron chi connectivity index (χ1n) is 10.3. The molecule has 0 N–H and O–H groups in total. The van der Waals surface area contributed by atoms with Crippen LogP contribution in [0.5, 0.6) is 0 Å². The molecule has 1 aliphatic rings. The average Bonchev–Trinajstić information content (AvgIpc) is 2.95. The summed E-state index contributed by atoms with van der Waals surface area (Å²) in [5.41, 5.74) is 2.36. The fourth-order valence-electron chi connectivity index (χ4n) is 4.09. The molecule has 0 aliphatic carbocycles. The van der Waals surface area contributed by atoms with Crippen molar-refractivity contribution in [3.63, 3.8) is 0 Å². The summed E-state index contributed by atoms with van der Waals surface area (Å²) < 4.78 is 0. The maximum absolute atomic E-state index is 12.6. The number of fused-ring (bicyclic) bond motifs is 1. The van der Waals surface area contributed by atoms with Gasteiger partial charge in [-0.3, -0.25) is 14.6 Å². The lowest BCUT2D eigenvalue weighted by atomic mass is 10.0. The van der Waals surface area contributed by atoms with Crippen LogP contribution in [0, 0.1) is 0 Å². The van der Waals surface area contributed by atoms with E-state index >= 15 is 0 Å². The van der Waals surface area contributed by atoms with Crippen molar-refractivity contribution in [3.05, 3.63) is 60.2 Å². The minimum Gasteiger partial charge on any atom is -0.321 e. The molecular weight excluding hydrogens is 346 g/mol. The van der Waals surface area contributed by atoms with Crippen LogP contribution in [0.1, 0.15) is 32.3 Å². The fraction of sp³-hybridized carbons (Fsp3) is 0.458. The summed E-state index contributed by atoms with van der Waals surface area (Å²) in [7, 11) is 2.15. The molecule has 1 heterocycles. The second-order valence-electron chi connectivity index (χ2n) is 8.12. The third-order valence-corrected chi connectivity index (χ3v) is 5.47. The van der Waals surface area contributed by atoms with Crippen LogP contribution in [0.2, 0.25) is 0 Å². The Morgan fingerprint density at radius 2 is 1.96 bits per heavy atom. The third kappa shape index (κ3) is 4.81. The summed E-state index contributed by atoms with van der Waals surface area (Å²) in [4.78, 5) is 19.3. The van der Waals surface area contributed by atoms with Gasteiger partial charge in [-0.25, -0.2) is 0 Å². The first-order chi connectivity index (χ1) is 13.5. The van der Waals surface area contributed by atoms with Crippen LogP contribution < -0.4 is 0 Å². The van der Waals surface area contributed by atoms with Gasteiger partial charge in [-0.1, -0.05) is 68.0 Å². The number of rotatable bonds is 9. The molecule has 0 aromatic heterocycles. The molecule has 28 heavy (non-hydrogen) atoms. The van der Waals surface area contributed by atoms with E-state index in [2.05, 4.69) is 72.8 Å². The molecule has 2 aromatic carbocycles. The maximum Gasteiger partial charge on any atom is 0.238 e. The zero-order chi connectivity index (χ0) is 20.1. The minimum atomic E-state index is 0.121. The third-order valence-electron chi connectivity index (χ3n) is 5.47. The molecule has 0 spiro atoms. The van der Waals surface area contributed by atoms with Crippen LogP contribution in [-0.4, -0.2) is 60.0 Å². The highest BCUT2D eigenvalue weighted by atomic mass is 16.2. The molecule has 1 fully saturated rings. The first-order valence-corrected chi connectivity index (χ1v) is 10.3. The van der Waals surface area contributed by atoms with Crippen molar-refractivity contribution in [2.75, 3.05) is 33.2 Å². The quantitative estimate of drug-likeness (QED) is 0.613. The predicted molar refractivity (Wildman–Crippen MR) is 117 cm³/mol. The zero-order valence-corrected chi connectivity index (χ0v) is 17.5. The van der Waals surface area contributed by atoms with E-state index in [0.717, 1.165) is 38.0 Å². The standard InChI is InChI=1S/C24H33N3O/c1-5-6-14-26-18-24(28)27(15-19(2)3)23(26)17-25(4)16-21-12-9-11-20-10-7-8-13-22(20)21/h7-13,23H,2,5-6,14-18H2,1,3-4H3. The van der Waals surface area contributed by atoms with E-state index in [1.54, 1.807) is 0 Å². The molecule has 1 amide bonds. The Kier molecular flexibility index (Phi) is 6.87. The monoisotopic (exact) mass is 379 g/mol. The fourth-order valence-corrected chi connectivity index (χ4v) is 4.09. The Morgan fingerprint density at radius 1 is 1.21 bits per heavy atom. The molecule has 0 radical (unpaired) electrons. The van der Waals surface area contributed by atoms with E-state index in [1.165, 1.54) is 16.3 Å². The highest BCUT2D eigenvalue weighted by Gasteiger charge is 2.37. The molecular formula is C24H33N3O. The van der Waals surface area contributed by atoms with Crippen molar-refractivity contribution in [1.29, 1.82) is 0 Å². The van der Waals surface area contributed by atoms with Gasteiger partial charge in [-0.05, 0) is 36.7 Å². The van der Waals surface area contributed by atoms with E-state index in [4.69, 9.17) is 0 Å². The maximum atomic E-state index is 12.6. The second-order valence-corrected chi connectivity index (χ2v) is 8.12. The van der Waals surface area contributed by atoms with Crippen LogP contribution in [0.4, 0.5) is 0 Å². The second kappa shape index (κ2) is 9.35. The molecule has 2 aromatic rings. The van der Waals surface area contributed by atoms with Crippen molar-refractivity contribution in [1.82, 2.24) is 14.7 Å².